The van der Waals surface area contributed by atoms with Crippen molar-refractivity contribution in [3.8, 4) is 11.4 Å². The first-order chi connectivity index (χ1) is 10.7. The van der Waals surface area contributed by atoms with Gasteiger partial charge in [-0.15, -0.1) is 0 Å². The smallest absolute Gasteiger partial charge is 0.233 e. The van der Waals surface area contributed by atoms with E-state index in [9.17, 15) is 13.2 Å². The number of hydrogen-bond acceptors (Lipinski definition) is 6. The highest BCUT2D eigenvalue weighted by Crippen LogP contribution is 2.20. The van der Waals surface area contributed by atoms with Gasteiger partial charge >= 0.3 is 0 Å². The second-order valence-electron chi connectivity index (χ2n) is 5.59. The van der Waals surface area contributed by atoms with E-state index in [1.54, 1.807) is 0 Å². The maximum atomic E-state index is 11.4. The van der Waals surface area contributed by atoms with Crippen molar-refractivity contribution in [1.29, 1.82) is 0 Å². The Morgan fingerprint density at radius 1 is 1.26 bits per heavy atom. The van der Waals surface area contributed by atoms with Crippen molar-refractivity contribution in [2.24, 2.45) is 0 Å². The summed E-state index contributed by atoms with van der Waals surface area (Å²) < 4.78 is 28.8. The van der Waals surface area contributed by atoms with Crippen LogP contribution >= 0.6 is 0 Å². The number of nitrogens with one attached hydrogen (secondary N) is 1. The number of carbonyl (C=O) groups excluding carboxylic acids is 1. The molecular formula is C15H19N3O4S. The Morgan fingerprint density at radius 2 is 1.91 bits per heavy atom. The minimum Gasteiger partial charge on any atom is -0.339 e. The first kappa shape index (κ1) is 17.1. The lowest BCUT2D eigenvalue weighted by molar-refractivity contribution is -0.119. The minimum atomic E-state index is -3.54. The van der Waals surface area contributed by atoms with E-state index in [0.717, 1.165) is 11.8 Å². The van der Waals surface area contributed by atoms with Crippen molar-refractivity contribution < 1.29 is 17.7 Å². The summed E-state index contributed by atoms with van der Waals surface area (Å²) in [6, 6.07) is 7.85. The number of carbonyl (C=O) groups is 1. The molecule has 8 heteroatoms. The van der Waals surface area contributed by atoms with E-state index in [-0.39, 0.29) is 18.7 Å². The van der Waals surface area contributed by atoms with E-state index < -0.39 is 15.9 Å². The quantitative estimate of drug-likeness (QED) is 0.863. The molecule has 0 radical (unpaired) electrons. The molecule has 1 aromatic carbocycles. The Hall–Kier alpha value is -2.22. The SMILES string of the molecule is CC(C)c1ccc(-c2noc(CCC(=O)NS(C)(=O)=O)n2)cc1. The highest BCUT2D eigenvalue weighted by Gasteiger charge is 2.13. The molecule has 2 rings (SSSR count). The summed E-state index contributed by atoms with van der Waals surface area (Å²) in [6.45, 7) is 4.23. The summed E-state index contributed by atoms with van der Waals surface area (Å²) in [5, 5.41) is 3.88. The molecule has 0 aliphatic carbocycles. The van der Waals surface area contributed by atoms with Crippen LogP contribution in [0, 0.1) is 0 Å². The molecule has 0 unspecified atom stereocenters. The maximum absolute atomic E-state index is 11.4. The first-order valence-corrected chi connectivity index (χ1v) is 9.07. The normalized spacial score (nSPS) is 11.7. The van der Waals surface area contributed by atoms with Gasteiger partial charge in [-0.25, -0.2) is 8.42 Å². The van der Waals surface area contributed by atoms with Crippen molar-refractivity contribution >= 4 is 15.9 Å². The summed E-state index contributed by atoms with van der Waals surface area (Å²) >= 11 is 0. The molecular weight excluding hydrogens is 318 g/mol. The molecule has 0 atom stereocenters. The van der Waals surface area contributed by atoms with Crippen LogP contribution in [0.1, 0.15) is 37.6 Å². The fourth-order valence-corrected chi connectivity index (χ4v) is 2.48. The second-order valence-corrected chi connectivity index (χ2v) is 7.33. The largest absolute Gasteiger partial charge is 0.339 e. The standard InChI is InChI=1S/C15H19N3O4S/c1-10(2)11-4-6-12(7-5-11)15-16-14(22-17-15)9-8-13(19)18-23(3,20)21/h4-7,10H,8-9H2,1-3H3,(H,18,19). The Bertz CT molecular complexity index is 779. The van der Waals surface area contributed by atoms with Crippen LogP contribution in [0.4, 0.5) is 0 Å². The van der Waals surface area contributed by atoms with Gasteiger partial charge in [0.05, 0.1) is 6.26 Å². The molecule has 0 spiro atoms. The maximum Gasteiger partial charge on any atom is 0.233 e. The Balaban J connectivity index is 1.99. The Morgan fingerprint density at radius 3 is 2.48 bits per heavy atom. The summed E-state index contributed by atoms with van der Waals surface area (Å²) in [5.74, 6) is 0.571. The first-order valence-electron chi connectivity index (χ1n) is 7.18. The minimum absolute atomic E-state index is 0.0407. The highest BCUT2D eigenvalue weighted by molar-refractivity contribution is 7.89. The fraction of sp³-hybridized carbons (Fsp3) is 0.400. The van der Waals surface area contributed by atoms with Crippen molar-refractivity contribution in [3.63, 3.8) is 0 Å². The van der Waals surface area contributed by atoms with Gasteiger partial charge in [0.15, 0.2) is 0 Å². The predicted octanol–water partition coefficient (Wildman–Crippen LogP) is 1.87. The molecule has 0 aliphatic heterocycles. The van der Waals surface area contributed by atoms with E-state index in [2.05, 4.69) is 24.0 Å². The average molecular weight is 337 g/mol. The van der Waals surface area contributed by atoms with Crippen LogP contribution in [-0.4, -0.2) is 30.7 Å². The van der Waals surface area contributed by atoms with Gasteiger partial charge < -0.3 is 4.52 Å². The molecule has 1 N–H and O–H groups in total. The Labute approximate surface area is 135 Å². The molecule has 1 heterocycles. The molecule has 23 heavy (non-hydrogen) atoms. The molecule has 124 valence electrons. The van der Waals surface area contributed by atoms with Crippen LogP contribution in [0.15, 0.2) is 28.8 Å². The molecule has 7 nitrogen and oxygen atoms in total. The van der Waals surface area contributed by atoms with Crippen LogP contribution < -0.4 is 4.72 Å². The van der Waals surface area contributed by atoms with Crippen molar-refractivity contribution in [3.05, 3.63) is 35.7 Å². The third-order valence-corrected chi connectivity index (χ3v) is 3.77. The summed E-state index contributed by atoms with van der Waals surface area (Å²) in [4.78, 5) is 15.6. The van der Waals surface area contributed by atoms with Gasteiger partial charge in [0.25, 0.3) is 0 Å². The van der Waals surface area contributed by atoms with Gasteiger partial charge in [0.1, 0.15) is 0 Å². The summed E-state index contributed by atoms with van der Waals surface area (Å²) in [5.41, 5.74) is 2.04. The van der Waals surface area contributed by atoms with Crippen molar-refractivity contribution in [2.75, 3.05) is 6.26 Å². The number of sulfonamides is 1. The number of benzene rings is 1. The fourth-order valence-electron chi connectivity index (χ4n) is 1.97. The number of aromatic nitrogens is 2. The van der Waals surface area contributed by atoms with Gasteiger partial charge in [-0.05, 0) is 11.5 Å². The summed E-state index contributed by atoms with van der Waals surface area (Å²) in [7, 11) is -3.54. The lowest BCUT2D eigenvalue weighted by atomic mass is 10.0. The van der Waals surface area contributed by atoms with Gasteiger partial charge in [-0.2, -0.15) is 4.98 Å². The Kier molecular flexibility index (Phi) is 5.15. The number of aryl methyl sites for hydroxylation is 1. The van der Waals surface area contributed by atoms with Gasteiger partial charge in [0, 0.05) is 18.4 Å². The number of amides is 1. The average Bonchev–Trinajstić information content (AvgIpc) is 2.92. The molecule has 0 aliphatic rings. The molecule has 0 bridgehead atoms. The van der Waals surface area contributed by atoms with E-state index in [0.29, 0.717) is 11.7 Å². The van der Waals surface area contributed by atoms with Crippen LogP contribution in [0.5, 0.6) is 0 Å². The monoisotopic (exact) mass is 337 g/mol. The highest BCUT2D eigenvalue weighted by atomic mass is 32.2. The lowest BCUT2D eigenvalue weighted by Crippen LogP contribution is -2.29. The van der Waals surface area contributed by atoms with Crippen LogP contribution in [-0.2, 0) is 21.2 Å². The third-order valence-electron chi connectivity index (χ3n) is 3.17. The summed E-state index contributed by atoms with van der Waals surface area (Å²) in [6.07, 6.45) is 1.07. The van der Waals surface area contributed by atoms with Crippen molar-refractivity contribution in [2.45, 2.75) is 32.6 Å². The number of hydrogen-bond donors (Lipinski definition) is 1. The van der Waals surface area contributed by atoms with E-state index in [1.807, 2.05) is 29.0 Å². The molecule has 1 amide bonds. The van der Waals surface area contributed by atoms with Crippen LogP contribution in [0.2, 0.25) is 0 Å². The topological polar surface area (TPSA) is 102 Å². The molecule has 1 aromatic heterocycles. The predicted molar refractivity (Wildman–Crippen MR) is 85.1 cm³/mol. The lowest BCUT2D eigenvalue weighted by Gasteiger charge is -2.04. The second kappa shape index (κ2) is 6.91. The van der Waals surface area contributed by atoms with Crippen molar-refractivity contribution in [1.82, 2.24) is 14.9 Å². The van der Waals surface area contributed by atoms with Gasteiger partial charge in [0.2, 0.25) is 27.6 Å². The zero-order chi connectivity index (χ0) is 17.0. The molecule has 2 aromatic rings. The van der Waals surface area contributed by atoms with Gasteiger partial charge in [-0.3, -0.25) is 9.52 Å². The third kappa shape index (κ3) is 5.17. The zero-order valence-corrected chi connectivity index (χ0v) is 14.1. The molecule has 0 saturated heterocycles. The molecule has 0 saturated carbocycles. The van der Waals surface area contributed by atoms with E-state index in [4.69, 9.17) is 4.52 Å². The number of rotatable bonds is 6. The van der Waals surface area contributed by atoms with Crippen LogP contribution in [0.25, 0.3) is 11.4 Å². The number of nitrogens with zero attached hydrogens (tertiary/aromatic N) is 2. The van der Waals surface area contributed by atoms with Gasteiger partial charge in [-0.1, -0.05) is 43.3 Å². The zero-order valence-electron chi connectivity index (χ0n) is 13.2. The van der Waals surface area contributed by atoms with E-state index >= 15 is 0 Å². The molecule has 0 fully saturated rings. The van der Waals surface area contributed by atoms with Crippen LogP contribution in [0.3, 0.4) is 0 Å². The van der Waals surface area contributed by atoms with E-state index in [1.165, 1.54) is 5.56 Å².